The molecular formula is C13H13N3O4S. The number of nitrogens with one attached hydrogen (secondary N) is 2. The van der Waals surface area contributed by atoms with Crippen molar-refractivity contribution in [1.29, 1.82) is 0 Å². The number of thiazole rings is 1. The van der Waals surface area contributed by atoms with Crippen molar-refractivity contribution in [2.45, 2.75) is 6.54 Å². The van der Waals surface area contributed by atoms with Gasteiger partial charge in [0.15, 0.2) is 0 Å². The van der Waals surface area contributed by atoms with Gasteiger partial charge in [-0.25, -0.2) is 14.6 Å². The second kappa shape index (κ2) is 6.71. The van der Waals surface area contributed by atoms with E-state index in [1.54, 1.807) is 5.51 Å². The number of methoxy groups -OCH3 is 1. The molecule has 0 aliphatic rings. The summed E-state index contributed by atoms with van der Waals surface area (Å²) in [7, 11) is 1.44. The number of benzene rings is 1. The highest BCUT2D eigenvalue weighted by Crippen LogP contribution is 2.25. The van der Waals surface area contributed by atoms with Crippen molar-refractivity contribution in [3.05, 3.63) is 40.3 Å². The van der Waals surface area contributed by atoms with E-state index in [1.165, 1.54) is 36.6 Å². The van der Waals surface area contributed by atoms with E-state index in [-0.39, 0.29) is 17.8 Å². The molecule has 0 unspecified atom stereocenters. The van der Waals surface area contributed by atoms with Gasteiger partial charge in [0.2, 0.25) is 0 Å². The van der Waals surface area contributed by atoms with E-state index in [2.05, 4.69) is 15.6 Å². The highest BCUT2D eigenvalue weighted by Gasteiger charge is 2.11. The van der Waals surface area contributed by atoms with Crippen molar-refractivity contribution in [3.8, 4) is 5.75 Å². The molecule has 1 aromatic carbocycles. The molecule has 1 aromatic heterocycles. The average Bonchev–Trinajstić information content (AvgIpc) is 2.98. The molecule has 0 bridgehead atoms. The van der Waals surface area contributed by atoms with E-state index in [4.69, 9.17) is 9.84 Å². The Kier molecular flexibility index (Phi) is 4.72. The molecule has 0 aliphatic heterocycles. The van der Waals surface area contributed by atoms with Gasteiger partial charge in [-0.05, 0) is 18.2 Å². The maximum absolute atomic E-state index is 11.8. The van der Waals surface area contributed by atoms with Crippen LogP contribution in [-0.4, -0.2) is 29.2 Å². The summed E-state index contributed by atoms with van der Waals surface area (Å²) in [6, 6.07) is 3.76. The van der Waals surface area contributed by atoms with Crippen molar-refractivity contribution in [1.82, 2.24) is 10.3 Å². The summed E-state index contributed by atoms with van der Waals surface area (Å²) in [4.78, 5) is 26.8. The molecule has 0 radical (unpaired) electrons. The van der Waals surface area contributed by atoms with Crippen molar-refractivity contribution in [2.24, 2.45) is 0 Å². The zero-order valence-electron chi connectivity index (χ0n) is 11.1. The van der Waals surface area contributed by atoms with Gasteiger partial charge in [-0.1, -0.05) is 0 Å². The van der Waals surface area contributed by atoms with Crippen LogP contribution in [0.1, 0.15) is 16.1 Å². The van der Waals surface area contributed by atoms with E-state index in [0.717, 1.165) is 5.69 Å². The first-order valence-electron chi connectivity index (χ1n) is 5.93. The number of ether oxygens (including phenoxy) is 1. The smallest absolute Gasteiger partial charge is 0.335 e. The SMILES string of the molecule is COc1ccc(C(=O)O)cc1NC(=O)NCc1cscn1. The summed E-state index contributed by atoms with van der Waals surface area (Å²) in [5.41, 5.74) is 2.77. The lowest BCUT2D eigenvalue weighted by molar-refractivity contribution is 0.0697. The van der Waals surface area contributed by atoms with Crippen LogP contribution >= 0.6 is 11.3 Å². The number of hydrogen-bond donors (Lipinski definition) is 3. The van der Waals surface area contributed by atoms with E-state index >= 15 is 0 Å². The number of urea groups is 1. The van der Waals surface area contributed by atoms with Crippen molar-refractivity contribution < 1.29 is 19.4 Å². The van der Waals surface area contributed by atoms with Gasteiger partial charge in [0, 0.05) is 5.38 Å². The zero-order valence-corrected chi connectivity index (χ0v) is 11.9. The number of aromatic nitrogens is 1. The first-order chi connectivity index (χ1) is 10.1. The number of aromatic carboxylic acids is 1. The third-order valence-corrected chi connectivity index (χ3v) is 3.24. The fraction of sp³-hybridized carbons (Fsp3) is 0.154. The minimum Gasteiger partial charge on any atom is -0.495 e. The summed E-state index contributed by atoms with van der Waals surface area (Å²) < 4.78 is 5.09. The molecule has 0 atom stereocenters. The lowest BCUT2D eigenvalue weighted by Crippen LogP contribution is -2.28. The molecule has 7 nitrogen and oxygen atoms in total. The van der Waals surface area contributed by atoms with Gasteiger partial charge < -0.3 is 20.5 Å². The van der Waals surface area contributed by atoms with Crippen LogP contribution in [0.3, 0.4) is 0 Å². The van der Waals surface area contributed by atoms with Crippen LogP contribution in [0.15, 0.2) is 29.1 Å². The summed E-state index contributed by atoms with van der Waals surface area (Å²) in [5.74, 6) is -0.701. The molecule has 0 fully saturated rings. The van der Waals surface area contributed by atoms with E-state index in [1.807, 2.05) is 5.38 Å². The first-order valence-corrected chi connectivity index (χ1v) is 6.87. The lowest BCUT2D eigenvalue weighted by atomic mass is 10.2. The molecule has 2 aromatic rings. The highest BCUT2D eigenvalue weighted by atomic mass is 32.1. The van der Waals surface area contributed by atoms with Gasteiger partial charge >= 0.3 is 12.0 Å². The Balaban J connectivity index is 2.04. The first kappa shape index (κ1) is 14.8. The van der Waals surface area contributed by atoms with Gasteiger partial charge in [0.25, 0.3) is 0 Å². The van der Waals surface area contributed by atoms with Gasteiger partial charge in [0.05, 0.1) is 36.1 Å². The fourth-order valence-electron chi connectivity index (χ4n) is 1.60. The number of nitrogens with zero attached hydrogens (tertiary/aromatic N) is 1. The molecule has 2 rings (SSSR count). The second-order valence-corrected chi connectivity index (χ2v) is 4.73. The molecule has 0 saturated carbocycles. The van der Waals surface area contributed by atoms with Crippen LogP contribution in [0.25, 0.3) is 0 Å². The number of carboxylic acids is 1. The van der Waals surface area contributed by atoms with Crippen LogP contribution in [0.4, 0.5) is 10.5 Å². The van der Waals surface area contributed by atoms with Crippen LogP contribution in [0.5, 0.6) is 5.75 Å². The van der Waals surface area contributed by atoms with Crippen LogP contribution in [0.2, 0.25) is 0 Å². The molecule has 0 saturated heterocycles. The second-order valence-electron chi connectivity index (χ2n) is 4.01. The zero-order chi connectivity index (χ0) is 15.2. The van der Waals surface area contributed by atoms with Crippen LogP contribution in [-0.2, 0) is 6.54 Å². The molecule has 110 valence electrons. The van der Waals surface area contributed by atoms with Crippen LogP contribution in [0, 0.1) is 0 Å². The highest BCUT2D eigenvalue weighted by molar-refractivity contribution is 7.07. The van der Waals surface area contributed by atoms with Crippen molar-refractivity contribution in [2.75, 3.05) is 12.4 Å². The summed E-state index contributed by atoms with van der Waals surface area (Å²) >= 11 is 1.44. The quantitative estimate of drug-likeness (QED) is 0.786. The molecule has 2 amide bonds. The Morgan fingerprint density at radius 1 is 1.43 bits per heavy atom. The molecule has 0 aliphatic carbocycles. The number of hydrogen-bond acceptors (Lipinski definition) is 5. The maximum atomic E-state index is 11.8. The number of carboxylic acid groups (broad SMARTS) is 1. The average molecular weight is 307 g/mol. The topological polar surface area (TPSA) is 101 Å². The predicted molar refractivity (Wildman–Crippen MR) is 77.9 cm³/mol. The number of rotatable bonds is 5. The monoisotopic (exact) mass is 307 g/mol. The normalized spacial score (nSPS) is 9.95. The number of carbonyl (C=O) groups excluding carboxylic acids is 1. The molecule has 1 heterocycles. The third-order valence-electron chi connectivity index (χ3n) is 2.61. The maximum Gasteiger partial charge on any atom is 0.335 e. The summed E-state index contributed by atoms with van der Waals surface area (Å²) in [6.07, 6.45) is 0. The van der Waals surface area contributed by atoms with Gasteiger partial charge in [-0.2, -0.15) is 0 Å². The Morgan fingerprint density at radius 2 is 2.24 bits per heavy atom. The third kappa shape index (κ3) is 3.93. The summed E-state index contributed by atoms with van der Waals surface area (Å²) in [6.45, 7) is 0.288. The van der Waals surface area contributed by atoms with E-state index < -0.39 is 12.0 Å². The minimum atomic E-state index is -1.08. The molecular weight excluding hydrogens is 294 g/mol. The van der Waals surface area contributed by atoms with E-state index in [0.29, 0.717) is 5.75 Å². The Hall–Kier alpha value is -2.61. The van der Waals surface area contributed by atoms with Crippen LogP contribution < -0.4 is 15.4 Å². The molecule has 8 heteroatoms. The Labute approximate surface area is 124 Å². The summed E-state index contributed by atoms with van der Waals surface area (Å²) in [5, 5.41) is 16.0. The van der Waals surface area contributed by atoms with Gasteiger partial charge in [-0.3, -0.25) is 0 Å². The fourth-order valence-corrected chi connectivity index (χ4v) is 2.16. The molecule has 0 spiro atoms. The van der Waals surface area contributed by atoms with Crippen molar-refractivity contribution >= 4 is 29.0 Å². The number of anilines is 1. The molecule has 21 heavy (non-hydrogen) atoms. The Morgan fingerprint density at radius 3 is 2.86 bits per heavy atom. The largest absolute Gasteiger partial charge is 0.495 e. The minimum absolute atomic E-state index is 0.0607. The number of amides is 2. The standard InChI is InChI=1S/C13H13N3O4S/c1-20-11-3-2-8(12(17)18)4-10(11)16-13(19)14-5-9-6-21-7-15-9/h2-4,6-7H,5H2,1H3,(H,17,18)(H2,14,16,19). The van der Waals surface area contributed by atoms with Gasteiger partial charge in [0.1, 0.15) is 5.75 Å². The van der Waals surface area contributed by atoms with E-state index in [9.17, 15) is 9.59 Å². The van der Waals surface area contributed by atoms with Gasteiger partial charge in [-0.15, -0.1) is 11.3 Å². The molecule has 3 N–H and O–H groups in total. The Bertz CT molecular complexity index is 643. The van der Waals surface area contributed by atoms with Crippen molar-refractivity contribution in [3.63, 3.8) is 0 Å². The predicted octanol–water partition coefficient (Wildman–Crippen LogP) is 2.17. The number of carbonyl (C=O) groups is 2. The lowest BCUT2D eigenvalue weighted by Gasteiger charge is -2.11.